The van der Waals surface area contributed by atoms with Gasteiger partial charge in [-0.15, -0.1) is 0 Å². The lowest BCUT2D eigenvalue weighted by molar-refractivity contribution is -0.143. The lowest BCUT2D eigenvalue weighted by atomic mass is 9.77. The number of para-hydroxylation sites is 1. The van der Waals surface area contributed by atoms with Crippen LogP contribution in [0, 0.1) is 0 Å². The maximum atomic E-state index is 13.9. The fourth-order valence-corrected chi connectivity index (χ4v) is 5.41. The van der Waals surface area contributed by atoms with Crippen molar-refractivity contribution in [3.05, 3.63) is 82.4 Å². The van der Waals surface area contributed by atoms with Gasteiger partial charge in [-0.3, -0.25) is 9.59 Å². The normalized spacial score (nSPS) is 18.9. The predicted molar refractivity (Wildman–Crippen MR) is 131 cm³/mol. The predicted octanol–water partition coefficient (Wildman–Crippen LogP) is 5.30. The van der Waals surface area contributed by atoms with Crippen LogP contribution in [0.2, 0.25) is 0 Å². The van der Waals surface area contributed by atoms with E-state index in [2.05, 4.69) is 5.32 Å². The van der Waals surface area contributed by atoms with E-state index in [1.165, 1.54) is 4.90 Å². The summed E-state index contributed by atoms with van der Waals surface area (Å²) in [5, 5.41) is 2.36. The quantitative estimate of drug-likeness (QED) is 0.329. The lowest BCUT2D eigenvalue weighted by Crippen LogP contribution is -2.43. The van der Waals surface area contributed by atoms with Crippen molar-refractivity contribution in [2.75, 3.05) is 31.4 Å². The molecule has 1 N–H and O–H groups in total. The number of fused-ring (bicyclic) bond motifs is 5. The number of nitrogens with zero attached hydrogens (tertiary/aromatic N) is 1. The monoisotopic (exact) mass is 578 g/mol. The molecule has 0 fully saturated rings. The van der Waals surface area contributed by atoms with Gasteiger partial charge in [-0.1, -0.05) is 18.2 Å². The Balaban J connectivity index is 1.19. The first kappa shape index (κ1) is 26.8. The second kappa shape index (κ2) is 9.32. The molecular weight excluding hydrogens is 558 g/mol. The van der Waals surface area contributed by atoms with Crippen molar-refractivity contribution in [1.29, 1.82) is 0 Å². The van der Waals surface area contributed by atoms with Crippen molar-refractivity contribution in [2.45, 2.75) is 24.2 Å². The lowest BCUT2D eigenvalue weighted by Gasteiger charge is -2.23. The molecule has 0 saturated heterocycles. The van der Waals surface area contributed by atoms with Crippen LogP contribution in [0.3, 0.4) is 0 Å². The summed E-state index contributed by atoms with van der Waals surface area (Å²) in [5.41, 5.74) is -3.09. The molecule has 0 saturated carbocycles. The van der Waals surface area contributed by atoms with Gasteiger partial charge < -0.3 is 24.4 Å². The summed E-state index contributed by atoms with van der Waals surface area (Å²) in [6.07, 6.45) is -9.98. The second-order valence-corrected chi connectivity index (χ2v) is 9.77. The molecule has 2 amide bonds. The topological polar surface area (TPSA) is 77.1 Å². The molecule has 3 aliphatic heterocycles. The van der Waals surface area contributed by atoms with Gasteiger partial charge >= 0.3 is 12.4 Å². The van der Waals surface area contributed by atoms with E-state index in [0.29, 0.717) is 40.6 Å². The van der Waals surface area contributed by atoms with Crippen LogP contribution in [0.1, 0.15) is 39.0 Å². The maximum absolute atomic E-state index is 13.9. The van der Waals surface area contributed by atoms with Crippen LogP contribution in [0.4, 0.5) is 32.0 Å². The number of hydrogen-bond donors (Lipinski definition) is 1. The fraction of sp³-hybridized carbons (Fsp3) is 0.286. The first-order chi connectivity index (χ1) is 19.4. The minimum Gasteiger partial charge on any atom is -0.491 e. The third-order valence-electron chi connectivity index (χ3n) is 7.34. The van der Waals surface area contributed by atoms with Crippen molar-refractivity contribution in [3.8, 4) is 17.2 Å². The minimum absolute atomic E-state index is 0.0403. The molecule has 13 heteroatoms. The summed E-state index contributed by atoms with van der Waals surface area (Å²) in [7, 11) is 0. The molecular formula is C28H20F6N2O5. The zero-order chi connectivity index (χ0) is 29.2. The molecule has 7 nitrogen and oxygen atoms in total. The largest absolute Gasteiger partial charge is 0.491 e. The Morgan fingerprint density at radius 2 is 1.51 bits per heavy atom. The highest BCUT2D eigenvalue weighted by Crippen LogP contribution is 2.55. The number of amides is 2. The van der Waals surface area contributed by atoms with Crippen molar-refractivity contribution >= 4 is 17.5 Å². The van der Waals surface area contributed by atoms with E-state index >= 15 is 0 Å². The van der Waals surface area contributed by atoms with Gasteiger partial charge in [-0.2, -0.15) is 26.3 Å². The van der Waals surface area contributed by atoms with Crippen molar-refractivity contribution in [2.24, 2.45) is 0 Å². The van der Waals surface area contributed by atoms with Gasteiger partial charge in [0, 0.05) is 36.0 Å². The first-order valence-electron chi connectivity index (χ1n) is 12.5. The van der Waals surface area contributed by atoms with E-state index in [-0.39, 0.29) is 44.9 Å². The number of ether oxygens (including phenoxy) is 3. The van der Waals surface area contributed by atoms with Gasteiger partial charge in [0.15, 0.2) is 11.5 Å². The van der Waals surface area contributed by atoms with E-state index in [1.54, 1.807) is 30.3 Å². The van der Waals surface area contributed by atoms with E-state index in [9.17, 15) is 35.9 Å². The van der Waals surface area contributed by atoms with Gasteiger partial charge in [0.25, 0.3) is 5.91 Å². The molecule has 0 bridgehead atoms. The van der Waals surface area contributed by atoms with Crippen LogP contribution in [-0.4, -0.2) is 38.3 Å². The van der Waals surface area contributed by atoms with Crippen molar-refractivity contribution < 1.29 is 50.1 Å². The van der Waals surface area contributed by atoms with Gasteiger partial charge in [-0.25, -0.2) is 0 Å². The summed E-state index contributed by atoms with van der Waals surface area (Å²) >= 11 is 0. The zero-order valence-electron chi connectivity index (χ0n) is 21.0. The van der Waals surface area contributed by atoms with Crippen LogP contribution in [0.5, 0.6) is 17.2 Å². The Morgan fingerprint density at radius 1 is 0.854 bits per heavy atom. The number of halogens is 6. The van der Waals surface area contributed by atoms with Gasteiger partial charge in [0.2, 0.25) is 12.7 Å². The van der Waals surface area contributed by atoms with Gasteiger partial charge in [-0.05, 0) is 42.3 Å². The van der Waals surface area contributed by atoms with Crippen LogP contribution in [-0.2, 0) is 22.6 Å². The Bertz CT molecular complexity index is 1540. The smallest absolute Gasteiger partial charge is 0.416 e. The van der Waals surface area contributed by atoms with E-state index < -0.39 is 40.4 Å². The van der Waals surface area contributed by atoms with Gasteiger partial charge in [0.05, 0.1) is 11.1 Å². The van der Waals surface area contributed by atoms with E-state index in [1.807, 2.05) is 6.07 Å². The molecule has 41 heavy (non-hydrogen) atoms. The molecule has 0 radical (unpaired) electrons. The average molecular weight is 578 g/mol. The average Bonchev–Trinajstić information content (AvgIpc) is 3.60. The summed E-state index contributed by atoms with van der Waals surface area (Å²) in [6, 6.07) is 11.3. The Morgan fingerprint density at radius 3 is 2.20 bits per heavy atom. The highest BCUT2D eigenvalue weighted by atomic mass is 19.4. The molecule has 1 unspecified atom stereocenters. The van der Waals surface area contributed by atoms with Crippen LogP contribution in [0.15, 0.2) is 54.6 Å². The molecule has 0 aliphatic carbocycles. The molecule has 3 heterocycles. The fourth-order valence-electron chi connectivity index (χ4n) is 5.41. The molecule has 6 rings (SSSR count). The van der Waals surface area contributed by atoms with Crippen molar-refractivity contribution in [3.63, 3.8) is 0 Å². The summed E-state index contributed by atoms with van der Waals surface area (Å²) < 4.78 is 95.8. The second-order valence-electron chi connectivity index (χ2n) is 9.77. The number of nitrogens with one attached hydrogen (secondary N) is 1. The van der Waals surface area contributed by atoms with E-state index in [4.69, 9.17) is 14.2 Å². The Kier molecular flexibility index (Phi) is 6.09. The standard InChI is InChI=1S/C28H20F6N2O5/c29-27(30,31)16-8-15(9-17(10-16)28(32,33)34)24(37)35-6-3-7-36-20-5-2-1-4-18(20)26(25(36)38)13-39-21-12-23-22(11-19(21)26)40-14-41-23/h1-2,4-5,8-12H,3,6-7,13-14H2,(H,35,37). The van der Waals surface area contributed by atoms with Crippen LogP contribution < -0.4 is 24.4 Å². The molecule has 3 aliphatic rings. The number of anilines is 1. The third-order valence-corrected chi connectivity index (χ3v) is 7.34. The number of hydrogen-bond acceptors (Lipinski definition) is 5. The molecule has 1 atom stereocenters. The molecule has 214 valence electrons. The SMILES string of the molecule is O=C(NCCCN1C(=O)C2(COc3cc4c(cc32)OCO4)c2ccccc21)c1cc(C(F)(F)F)cc(C(F)(F)F)c1. The summed E-state index contributed by atoms with van der Waals surface area (Å²) in [6.45, 7) is 0.103. The summed E-state index contributed by atoms with van der Waals surface area (Å²) in [4.78, 5) is 28.0. The van der Waals surface area contributed by atoms with Crippen LogP contribution >= 0.6 is 0 Å². The zero-order valence-corrected chi connectivity index (χ0v) is 21.0. The number of carbonyl (C=O) groups is 2. The van der Waals surface area contributed by atoms with Crippen LogP contribution in [0.25, 0.3) is 0 Å². The number of benzene rings is 3. The number of alkyl halides is 6. The van der Waals surface area contributed by atoms with Gasteiger partial charge in [0.1, 0.15) is 17.8 Å². The molecule has 3 aromatic rings. The maximum Gasteiger partial charge on any atom is 0.416 e. The Hall–Kier alpha value is -4.42. The highest BCUT2D eigenvalue weighted by Gasteiger charge is 2.57. The summed E-state index contributed by atoms with van der Waals surface area (Å²) in [5.74, 6) is 0.125. The number of carbonyl (C=O) groups excluding carboxylic acids is 2. The first-order valence-corrected chi connectivity index (χ1v) is 12.5. The minimum atomic E-state index is -5.07. The third kappa shape index (κ3) is 4.39. The Labute approximate surface area is 228 Å². The molecule has 3 aromatic carbocycles. The molecule has 0 aromatic heterocycles. The number of rotatable bonds is 5. The highest BCUT2D eigenvalue weighted by molar-refractivity contribution is 6.11. The van der Waals surface area contributed by atoms with E-state index in [0.717, 1.165) is 5.56 Å². The molecule has 1 spiro atoms. The van der Waals surface area contributed by atoms with Crippen molar-refractivity contribution in [1.82, 2.24) is 5.32 Å².